The molecular weight excluding hydrogens is 280 g/mol. The molecule has 5 heteroatoms. The third-order valence-electron chi connectivity index (χ3n) is 3.72. The number of nitrogens with zero attached hydrogens (tertiary/aromatic N) is 4. The van der Waals surface area contributed by atoms with Crippen molar-refractivity contribution in [2.24, 2.45) is 7.05 Å². The quantitative estimate of drug-likeness (QED) is 0.820. The van der Waals surface area contributed by atoms with Crippen molar-refractivity contribution in [3.8, 4) is 0 Å². The second kappa shape index (κ2) is 6.73. The van der Waals surface area contributed by atoms with E-state index >= 15 is 0 Å². The van der Waals surface area contributed by atoms with Crippen LogP contribution in [0, 0.1) is 13.8 Å². The summed E-state index contributed by atoms with van der Waals surface area (Å²) >= 11 is 1.85. The Morgan fingerprint density at radius 1 is 1.14 bits per heavy atom. The van der Waals surface area contributed by atoms with Gasteiger partial charge in [0.1, 0.15) is 0 Å². The van der Waals surface area contributed by atoms with Crippen LogP contribution in [0.25, 0.3) is 0 Å². The lowest BCUT2D eigenvalue weighted by Crippen LogP contribution is -2.17. The summed E-state index contributed by atoms with van der Waals surface area (Å²) in [6.07, 6.45) is 0. The molecule has 0 spiro atoms. The molecule has 2 aromatic heterocycles. The molecule has 0 fully saturated rings. The van der Waals surface area contributed by atoms with Crippen molar-refractivity contribution in [2.45, 2.75) is 33.5 Å². The van der Waals surface area contributed by atoms with Gasteiger partial charge in [-0.25, -0.2) is 0 Å². The minimum absolute atomic E-state index is 0.951. The van der Waals surface area contributed by atoms with Gasteiger partial charge in [-0.2, -0.15) is 5.10 Å². The molecule has 0 amide bonds. The van der Waals surface area contributed by atoms with Gasteiger partial charge >= 0.3 is 0 Å². The summed E-state index contributed by atoms with van der Waals surface area (Å²) in [5.74, 6) is 0. The number of hydrogen-bond donors (Lipinski definition) is 0. The first kappa shape index (κ1) is 16.2. The van der Waals surface area contributed by atoms with E-state index in [-0.39, 0.29) is 0 Å². The summed E-state index contributed by atoms with van der Waals surface area (Å²) in [6.45, 7) is 7.19. The fourth-order valence-corrected chi connectivity index (χ4v) is 3.55. The van der Waals surface area contributed by atoms with Crippen LogP contribution in [0.5, 0.6) is 0 Å². The van der Waals surface area contributed by atoms with E-state index in [0.29, 0.717) is 0 Å². The first-order valence-electron chi connectivity index (χ1n) is 7.25. The molecule has 116 valence electrons. The van der Waals surface area contributed by atoms with E-state index in [4.69, 9.17) is 0 Å². The lowest BCUT2D eigenvalue weighted by molar-refractivity contribution is 0.320. The van der Waals surface area contributed by atoms with Gasteiger partial charge in [0, 0.05) is 42.8 Å². The van der Waals surface area contributed by atoms with Crippen LogP contribution in [0.1, 0.15) is 27.4 Å². The first-order valence-corrected chi connectivity index (χ1v) is 8.13. The molecule has 0 unspecified atom stereocenters. The van der Waals surface area contributed by atoms with E-state index in [1.165, 1.54) is 21.7 Å². The van der Waals surface area contributed by atoms with Gasteiger partial charge in [-0.05, 0) is 52.0 Å². The van der Waals surface area contributed by atoms with Crippen LogP contribution in [0.4, 0.5) is 0 Å². The molecule has 2 rings (SSSR count). The predicted octanol–water partition coefficient (Wildman–Crippen LogP) is 2.79. The predicted molar refractivity (Wildman–Crippen MR) is 89.6 cm³/mol. The van der Waals surface area contributed by atoms with Crippen LogP contribution in [0.3, 0.4) is 0 Å². The normalized spacial score (nSPS) is 11.8. The first-order chi connectivity index (χ1) is 9.86. The summed E-state index contributed by atoms with van der Waals surface area (Å²) in [5, 5.41) is 6.76. The van der Waals surface area contributed by atoms with Crippen LogP contribution in [0.2, 0.25) is 0 Å². The molecule has 0 bridgehead atoms. The molecule has 0 aromatic carbocycles. The highest BCUT2D eigenvalue weighted by Crippen LogP contribution is 2.20. The van der Waals surface area contributed by atoms with Crippen molar-refractivity contribution in [3.05, 3.63) is 38.8 Å². The molecule has 21 heavy (non-hydrogen) atoms. The monoisotopic (exact) mass is 306 g/mol. The van der Waals surface area contributed by atoms with Crippen LogP contribution in [-0.4, -0.2) is 40.7 Å². The van der Waals surface area contributed by atoms with E-state index in [1.807, 2.05) is 23.1 Å². The maximum absolute atomic E-state index is 4.49. The zero-order chi connectivity index (χ0) is 15.6. The molecule has 4 nitrogen and oxygen atoms in total. The van der Waals surface area contributed by atoms with Crippen LogP contribution in [0.15, 0.2) is 11.4 Å². The Hall–Kier alpha value is -1.17. The minimum atomic E-state index is 0.951. The Morgan fingerprint density at radius 3 is 2.43 bits per heavy atom. The third kappa shape index (κ3) is 4.15. The van der Waals surface area contributed by atoms with E-state index in [9.17, 15) is 0 Å². The minimum Gasteiger partial charge on any atom is -0.305 e. The van der Waals surface area contributed by atoms with Crippen LogP contribution in [-0.2, 0) is 26.7 Å². The van der Waals surface area contributed by atoms with Crippen LogP contribution >= 0.6 is 11.3 Å². The summed E-state index contributed by atoms with van der Waals surface area (Å²) in [5.41, 5.74) is 5.16. The van der Waals surface area contributed by atoms with Gasteiger partial charge in [0.25, 0.3) is 0 Å². The summed E-state index contributed by atoms with van der Waals surface area (Å²) < 4.78 is 1.97. The van der Waals surface area contributed by atoms with Gasteiger partial charge in [-0.1, -0.05) is 0 Å². The number of thiophene rings is 1. The van der Waals surface area contributed by atoms with E-state index in [0.717, 1.165) is 25.3 Å². The molecule has 0 N–H and O–H groups in total. The highest BCUT2D eigenvalue weighted by Gasteiger charge is 2.12. The Balaban J connectivity index is 1.98. The molecule has 2 aromatic rings. The van der Waals surface area contributed by atoms with Crippen molar-refractivity contribution >= 4 is 11.3 Å². The SMILES string of the molecule is Cc1nn(C)c(C)c1CN(C)Cc1cc(CN(C)C)cs1. The van der Waals surface area contributed by atoms with Crippen LogP contribution < -0.4 is 0 Å². The topological polar surface area (TPSA) is 24.3 Å². The molecule has 0 saturated carbocycles. The second-order valence-corrected chi connectivity index (χ2v) is 7.10. The molecule has 0 atom stereocenters. The number of hydrogen-bond acceptors (Lipinski definition) is 4. The van der Waals surface area contributed by atoms with Gasteiger partial charge in [-0.15, -0.1) is 11.3 Å². The van der Waals surface area contributed by atoms with Crippen molar-refractivity contribution < 1.29 is 0 Å². The molecule has 0 saturated heterocycles. The Kier molecular flexibility index (Phi) is 5.19. The zero-order valence-corrected chi connectivity index (χ0v) is 14.8. The van der Waals surface area contributed by atoms with Gasteiger partial charge in [0.2, 0.25) is 0 Å². The molecule has 0 radical (unpaired) electrons. The summed E-state index contributed by atoms with van der Waals surface area (Å²) in [6, 6.07) is 2.32. The van der Waals surface area contributed by atoms with Crippen molar-refractivity contribution in [3.63, 3.8) is 0 Å². The third-order valence-corrected chi connectivity index (χ3v) is 4.69. The van der Waals surface area contributed by atoms with E-state index in [2.05, 4.69) is 61.3 Å². The summed E-state index contributed by atoms with van der Waals surface area (Å²) in [7, 11) is 8.41. The second-order valence-electron chi connectivity index (χ2n) is 6.10. The lowest BCUT2D eigenvalue weighted by Gasteiger charge is -2.16. The maximum atomic E-state index is 4.49. The van der Waals surface area contributed by atoms with Gasteiger partial charge < -0.3 is 4.90 Å². The highest BCUT2D eigenvalue weighted by molar-refractivity contribution is 7.10. The van der Waals surface area contributed by atoms with Crippen molar-refractivity contribution in [2.75, 3.05) is 21.1 Å². The molecule has 2 heterocycles. The molecule has 0 aliphatic heterocycles. The maximum Gasteiger partial charge on any atom is 0.0641 e. The van der Waals surface area contributed by atoms with Gasteiger partial charge in [0.15, 0.2) is 0 Å². The van der Waals surface area contributed by atoms with E-state index in [1.54, 1.807) is 0 Å². The average molecular weight is 306 g/mol. The van der Waals surface area contributed by atoms with E-state index < -0.39 is 0 Å². The average Bonchev–Trinajstić information content (AvgIpc) is 2.89. The Labute approximate surface area is 132 Å². The molecular formula is C16H26N4S. The molecule has 0 aliphatic carbocycles. The smallest absolute Gasteiger partial charge is 0.0641 e. The molecule has 0 aliphatic rings. The standard InChI is InChI=1S/C16H26N4S/c1-12-16(13(2)20(6)17-12)10-19(5)9-15-7-14(11-21-15)8-18(3)4/h7,11H,8-10H2,1-6H3. The van der Waals surface area contributed by atoms with Gasteiger partial charge in [0.05, 0.1) is 5.69 Å². The lowest BCUT2D eigenvalue weighted by atomic mass is 10.2. The van der Waals surface area contributed by atoms with Crippen molar-refractivity contribution in [1.82, 2.24) is 19.6 Å². The fraction of sp³-hybridized carbons (Fsp3) is 0.562. The largest absolute Gasteiger partial charge is 0.305 e. The number of rotatable bonds is 6. The highest BCUT2D eigenvalue weighted by atomic mass is 32.1. The zero-order valence-electron chi connectivity index (χ0n) is 14.0. The number of aromatic nitrogens is 2. The number of aryl methyl sites for hydroxylation is 2. The fourth-order valence-electron chi connectivity index (χ4n) is 2.60. The van der Waals surface area contributed by atoms with Crippen molar-refractivity contribution in [1.29, 1.82) is 0 Å². The Morgan fingerprint density at radius 2 is 1.86 bits per heavy atom. The van der Waals surface area contributed by atoms with Gasteiger partial charge in [-0.3, -0.25) is 9.58 Å². The summed E-state index contributed by atoms with van der Waals surface area (Å²) in [4.78, 5) is 5.99. The Bertz CT molecular complexity index is 597.